The molecule has 1 aromatic carbocycles. The maximum atomic E-state index is 13.4. The van der Waals surface area contributed by atoms with Crippen LogP contribution in [-0.4, -0.2) is 47.9 Å². The van der Waals surface area contributed by atoms with E-state index in [0.29, 0.717) is 37.8 Å². The number of hydrogen-bond acceptors (Lipinski definition) is 4. The molecule has 1 aliphatic carbocycles. The standard InChI is InChI=1S/C25H31FN2O3S/c1-17(2)13-24(29)27(14-18-3-4-18)15-25(30)28-11-9-23-21(10-12-32-23)22(28)16-31-20-7-5-19(26)6-8-20/h5-8,10,12,17-18,22H,3-4,9,11,13-16H2,1-2H3/t22-/m0/s1. The maximum Gasteiger partial charge on any atom is 0.242 e. The molecule has 4 rings (SSSR count). The molecule has 1 atom stereocenters. The van der Waals surface area contributed by atoms with E-state index in [1.807, 2.05) is 18.7 Å². The molecule has 1 fully saturated rings. The second kappa shape index (κ2) is 10.0. The molecule has 0 bridgehead atoms. The highest BCUT2D eigenvalue weighted by atomic mass is 32.1. The summed E-state index contributed by atoms with van der Waals surface area (Å²) in [5.41, 5.74) is 1.11. The van der Waals surface area contributed by atoms with Crippen molar-refractivity contribution >= 4 is 23.2 Å². The predicted octanol–water partition coefficient (Wildman–Crippen LogP) is 4.68. The molecule has 2 aliphatic rings. The lowest BCUT2D eigenvalue weighted by Gasteiger charge is -2.37. The minimum atomic E-state index is -0.311. The Bertz CT molecular complexity index is 939. The zero-order valence-electron chi connectivity index (χ0n) is 18.8. The summed E-state index contributed by atoms with van der Waals surface area (Å²) in [6.07, 6.45) is 3.55. The molecule has 2 amide bonds. The first kappa shape index (κ1) is 22.8. The summed E-state index contributed by atoms with van der Waals surface area (Å²) in [7, 11) is 0. The van der Waals surface area contributed by atoms with Crippen LogP contribution in [0.4, 0.5) is 4.39 Å². The van der Waals surface area contributed by atoms with E-state index in [1.165, 1.54) is 17.0 Å². The summed E-state index contributed by atoms with van der Waals surface area (Å²) in [6, 6.07) is 7.77. The van der Waals surface area contributed by atoms with Crippen molar-refractivity contribution in [2.45, 2.75) is 45.6 Å². The van der Waals surface area contributed by atoms with Gasteiger partial charge in [-0.2, -0.15) is 0 Å². The Kier molecular flexibility index (Phi) is 7.13. The third-order valence-corrected chi connectivity index (χ3v) is 7.07. The molecule has 1 aliphatic heterocycles. The van der Waals surface area contributed by atoms with Crippen molar-refractivity contribution in [1.82, 2.24) is 9.80 Å². The minimum Gasteiger partial charge on any atom is -0.491 e. The topological polar surface area (TPSA) is 49.9 Å². The second-order valence-electron chi connectivity index (χ2n) is 9.23. The van der Waals surface area contributed by atoms with Crippen molar-refractivity contribution in [2.24, 2.45) is 11.8 Å². The van der Waals surface area contributed by atoms with Gasteiger partial charge in [-0.15, -0.1) is 11.3 Å². The molecule has 7 heteroatoms. The molecular formula is C25H31FN2O3S. The van der Waals surface area contributed by atoms with E-state index >= 15 is 0 Å². The van der Waals surface area contributed by atoms with E-state index in [0.717, 1.165) is 24.8 Å². The van der Waals surface area contributed by atoms with Crippen molar-refractivity contribution in [3.05, 3.63) is 52.0 Å². The first-order valence-corrected chi connectivity index (χ1v) is 12.3. The monoisotopic (exact) mass is 458 g/mol. The van der Waals surface area contributed by atoms with E-state index in [9.17, 15) is 14.0 Å². The number of nitrogens with zero attached hydrogens (tertiary/aromatic N) is 2. The fourth-order valence-corrected chi connectivity index (χ4v) is 5.11. The van der Waals surface area contributed by atoms with Crippen molar-refractivity contribution in [1.29, 1.82) is 0 Å². The fraction of sp³-hybridized carbons (Fsp3) is 0.520. The van der Waals surface area contributed by atoms with Gasteiger partial charge in [-0.3, -0.25) is 9.59 Å². The number of carbonyl (C=O) groups is 2. The Balaban J connectivity index is 1.48. The quantitative estimate of drug-likeness (QED) is 0.548. The Morgan fingerprint density at radius 3 is 2.66 bits per heavy atom. The van der Waals surface area contributed by atoms with Gasteiger partial charge in [-0.25, -0.2) is 4.39 Å². The third-order valence-electron chi connectivity index (χ3n) is 6.07. The van der Waals surface area contributed by atoms with Crippen LogP contribution in [0.3, 0.4) is 0 Å². The van der Waals surface area contributed by atoms with Crippen molar-refractivity contribution in [3.8, 4) is 5.75 Å². The highest BCUT2D eigenvalue weighted by Crippen LogP contribution is 2.34. The maximum absolute atomic E-state index is 13.4. The lowest BCUT2D eigenvalue weighted by Crippen LogP contribution is -2.48. The molecule has 5 nitrogen and oxygen atoms in total. The van der Waals surface area contributed by atoms with E-state index in [2.05, 4.69) is 11.4 Å². The van der Waals surface area contributed by atoms with Gasteiger partial charge in [0.05, 0.1) is 12.6 Å². The zero-order valence-corrected chi connectivity index (χ0v) is 19.6. The van der Waals surface area contributed by atoms with Gasteiger partial charge in [-0.1, -0.05) is 13.8 Å². The Morgan fingerprint density at radius 1 is 1.22 bits per heavy atom. The average Bonchev–Trinajstić information content (AvgIpc) is 3.44. The molecule has 0 unspecified atom stereocenters. The number of rotatable bonds is 9. The number of amides is 2. The SMILES string of the molecule is CC(C)CC(=O)N(CC(=O)N1CCc2sccc2[C@@H]1COc1ccc(F)cc1)CC1CC1. The molecule has 0 spiro atoms. The highest BCUT2D eigenvalue weighted by molar-refractivity contribution is 7.10. The van der Waals surface area contributed by atoms with Crippen LogP contribution in [0.5, 0.6) is 5.75 Å². The molecule has 0 radical (unpaired) electrons. The summed E-state index contributed by atoms with van der Waals surface area (Å²) in [5.74, 6) is 1.08. The lowest BCUT2D eigenvalue weighted by molar-refractivity contribution is -0.143. The van der Waals surface area contributed by atoms with Crippen LogP contribution < -0.4 is 4.74 Å². The summed E-state index contributed by atoms with van der Waals surface area (Å²) in [5, 5.41) is 2.05. The smallest absolute Gasteiger partial charge is 0.242 e. The number of ether oxygens (including phenoxy) is 1. The number of carbonyl (C=O) groups excluding carboxylic acids is 2. The summed E-state index contributed by atoms with van der Waals surface area (Å²) >= 11 is 1.70. The summed E-state index contributed by atoms with van der Waals surface area (Å²) < 4.78 is 19.2. The number of benzene rings is 1. The van der Waals surface area contributed by atoms with Gasteiger partial charge in [0.1, 0.15) is 18.2 Å². The molecule has 2 heterocycles. The first-order valence-electron chi connectivity index (χ1n) is 11.4. The second-order valence-corrected chi connectivity index (χ2v) is 10.2. The Morgan fingerprint density at radius 2 is 1.97 bits per heavy atom. The van der Waals surface area contributed by atoms with Gasteiger partial charge < -0.3 is 14.5 Å². The van der Waals surface area contributed by atoms with Crippen LogP contribution in [0.2, 0.25) is 0 Å². The van der Waals surface area contributed by atoms with Gasteiger partial charge in [0, 0.05) is 24.4 Å². The van der Waals surface area contributed by atoms with E-state index < -0.39 is 0 Å². The number of fused-ring (bicyclic) bond motifs is 1. The molecular weight excluding hydrogens is 427 g/mol. The van der Waals surface area contributed by atoms with E-state index in [1.54, 1.807) is 28.4 Å². The van der Waals surface area contributed by atoms with Crippen LogP contribution >= 0.6 is 11.3 Å². The molecule has 1 aromatic heterocycles. The number of halogens is 1. The van der Waals surface area contributed by atoms with Crippen LogP contribution in [0.25, 0.3) is 0 Å². The Labute approximate surface area is 193 Å². The van der Waals surface area contributed by atoms with Crippen LogP contribution in [0, 0.1) is 17.7 Å². The molecule has 1 saturated carbocycles. The molecule has 0 N–H and O–H groups in total. The first-order chi connectivity index (χ1) is 15.4. The normalized spacial score (nSPS) is 17.9. The molecule has 2 aromatic rings. The van der Waals surface area contributed by atoms with E-state index in [-0.39, 0.29) is 36.1 Å². The number of thiophene rings is 1. The van der Waals surface area contributed by atoms with Gasteiger partial charge in [0.15, 0.2) is 0 Å². The van der Waals surface area contributed by atoms with Crippen molar-refractivity contribution in [3.63, 3.8) is 0 Å². The van der Waals surface area contributed by atoms with Crippen molar-refractivity contribution in [2.75, 3.05) is 26.2 Å². The van der Waals surface area contributed by atoms with Gasteiger partial charge in [-0.05, 0) is 72.4 Å². The summed E-state index contributed by atoms with van der Waals surface area (Å²) in [6.45, 7) is 5.75. The van der Waals surface area contributed by atoms with E-state index in [4.69, 9.17) is 4.74 Å². The van der Waals surface area contributed by atoms with Crippen LogP contribution in [0.1, 0.15) is 49.6 Å². The zero-order chi connectivity index (χ0) is 22.7. The van der Waals surface area contributed by atoms with Gasteiger partial charge in [0.2, 0.25) is 11.8 Å². The molecule has 32 heavy (non-hydrogen) atoms. The largest absolute Gasteiger partial charge is 0.491 e. The predicted molar refractivity (Wildman–Crippen MR) is 123 cm³/mol. The summed E-state index contributed by atoms with van der Waals surface area (Å²) in [4.78, 5) is 31.1. The molecule has 172 valence electrons. The highest BCUT2D eigenvalue weighted by Gasteiger charge is 2.35. The van der Waals surface area contributed by atoms with Crippen molar-refractivity contribution < 1.29 is 18.7 Å². The molecule has 0 saturated heterocycles. The van der Waals surface area contributed by atoms with Crippen LogP contribution in [0.15, 0.2) is 35.7 Å². The minimum absolute atomic E-state index is 0.0349. The van der Waals surface area contributed by atoms with Gasteiger partial charge >= 0.3 is 0 Å². The fourth-order valence-electron chi connectivity index (χ4n) is 4.18. The van der Waals surface area contributed by atoms with Gasteiger partial charge in [0.25, 0.3) is 0 Å². The van der Waals surface area contributed by atoms with Crippen LogP contribution in [-0.2, 0) is 16.0 Å². The third kappa shape index (κ3) is 5.68. The average molecular weight is 459 g/mol. The Hall–Kier alpha value is -2.41. The number of hydrogen-bond donors (Lipinski definition) is 0. The lowest BCUT2D eigenvalue weighted by atomic mass is 10.00.